The molecule has 156 valence electrons. The van der Waals surface area contributed by atoms with Crippen LogP contribution in [0.4, 0.5) is 4.39 Å². The molecule has 0 radical (unpaired) electrons. The summed E-state index contributed by atoms with van der Waals surface area (Å²) < 4.78 is 24.3. The fourth-order valence-electron chi connectivity index (χ4n) is 2.87. The van der Waals surface area contributed by atoms with Crippen LogP contribution in [0.25, 0.3) is 0 Å². The number of carbonyl (C=O) groups excluding carboxylic acids is 2. The summed E-state index contributed by atoms with van der Waals surface area (Å²) in [5, 5.41) is 2.78. The van der Waals surface area contributed by atoms with Crippen LogP contribution in [0.5, 0.6) is 11.5 Å². The number of nitrogens with one attached hydrogen (secondary N) is 1. The molecule has 0 fully saturated rings. The van der Waals surface area contributed by atoms with Crippen LogP contribution in [0.3, 0.4) is 0 Å². The van der Waals surface area contributed by atoms with Gasteiger partial charge in [-0.3, -0.25) is 9.59 Å². The Morgan fingerprint density at radius 3 is 2.17 bits per heavy atom. The summed E-state index contributed by atoms with van der Waals surface area (Å²) in [6.45, 7) is 3.79. The molecule has 1 N–H and O–H groups in total. The summed E-state index contributed by atoms with van der Waals surface area (Å²) in [5.41, 5.74) is 0.728. The molecular weight excluding hydrogens is 375 g/mol. The van der Waals surface area contributed by atoms with Gasteiger partial charge in [-0.15, -0.1) is 0 Å². The molecule has 1 atom stereocenters. The summed E-state index contributed by atoms with van der Waals surface area (Å²) in [7, 11) is 4.58. The van der Waals surface area contributed by atoms with Gasteiger partial charge in [0, 0.05) is 30.8 Å². The molecule has 0 heterocycles. The number of hydrogen-bond donors (Lipinski definition) is 1. The number of methoxy groups -OCH3 is 2. The van der Waals surface area contributed by atoms with Crippen LogP contribution in [-0.2, 0) is 11.3 Å². The Labute approximate surface area is 170 Å². The molecule has 0 aliphatic heterocycles. The molecule has 0 bridgehead atoms. The average Bonchev–Trinajstić information content (AvgIpc) is 2.72. The Balaban J connectivity index is 2.17. The molecule has 7 heteroatoms. The lowest BCUT2D eigenvalue weighted by Crippen LogP contribution is -2.50. The minimum Gasteiger partial charge on any atom is -0.497 e. The summed E-state index contributed by atoms with van der Waals surface area (Å²) >= 11 is 0. The van der Waals surface area contributed by atoms with Crippen LogP contribution < -0.4 is 14.8 Å². The van der Waals surface area contributed by atoms with E-state index < -0.39 is 11.9 Å². The highest BCUT2D eigenvalue weighted by atomic mass is 19.1. The second-order valence-electron chi connectivity index (χ2n) is 7.08. The van der Waals surface area contributed by atoms with Gasteiger partial charge < -0.3 is 19.7 Å². The van der Waals surface area contributed by atoms with E-state index in [1.165, 1.54) is 25.2 Å². The van der Waals surface area contributed by atoms with Crippen molar-refractivity contribution < 1.29 is 23.5 Å². The maximum atomic E-state index is 13.9. The Morgan fingerprint density at radius 1 is 1.07 bits per heavy atom. The zero-order valence-corrected chi connectivity index (χ0v) is 17.4. The Hall–Kier alpha value is -3.09. The van der Waals surface area contributed by atoms with Crippen molar-refractivity contribution in [1.82, 2.24) is 10.2 Å². The third-order valence-electron chi connectivity index (χ3n) is 4.57. The molecular formula is C22H27FN2O4. The largest absolute Gasteiger partial charge is 0.497 e. The van der Waals surface area contributed by atoms with Crippen LogP contribution in [0, 0.1) is 11.7 Å². The van der Waals surface area contributed by atoms with Crippen molar-refractivity contribution >= 4 is 11.8 Å². The number of nitrogens with zero attached hydrogens (tertiary/aromatic N) is 1. The summed E-state index contributed by atoms with van der Waals surface area (Å²) in [4.78, 5) is 27.1. The lowest BCUT2D eigenvalue weighted by molar-refractivity contribution is -0.133. The number of ether oxygens (including phenoxy) is 2. The van der Waals surface area contributed by atoms with Gasteiger partial charge in [-0.25, -0.2) is 4.39 Å². The zero-order valence-electron chi connectivity index (χ0n) is 17.4. The molecule has 2 rings (SSSR count). The van der Waals surface area contributed by atoms with Gasteiger partial charge in [0.2, 0.25) is 5.91 Å². The van der Waals surface area contributed by atoms with E-state index in [1.54, 1.807) is 43.4 Å². The molecule has 0 saturated carbocycles. The summed E-state index contributed by atoms with van der Waals surface area (Å²) in [5.74, 6) is -0.319. The third kappa shape index (κ3) is 5.70. The quantitative estimate of drug-likeness (QED) is 0.736. The maximum Gasteiger partial charge on any atom is 0.252 e. The topological polar surface area (TPSA) is 67.9 Å². The number of carbonyl (C=O) groups is 2. The summed E-state index contributed by atoms with van der Waals surface area (Å²) in [6, 6.07) is 10.3. The monoisotopic (exact) mass is 402 g/mol. The van der Waals surface area contributed by atoms with Gasteiger partial charge in [0.25, 0.3) is 5.91 Å². The van der Waals surface area contributed by atoms with Crippen molar-refractivity contribution in [3.8, 4) is 11.5 Å². The van der Waals surface area contributed by atoms with Crippen molar-refractivity contribution in [3.63, 3.8) is 0 Å². The number of amides is 2. The van der Waals surface area contributed by atoms with Crippen molar-refractivity contribution in [2.45, 2.75) is 26.4 Å². The van der Waals surface area contributed by atoms with E-state index >= 15 is 0 Å². The van der Waals surface area contributed by atoms with Gasteiger partial charge >= 0.3 is 0 Å². The molecule has 0 aliphatic carbocycles. The van der Waals surface area contributed by atoms with Crippen LogP contribution >= 0.6 is 0 Å². The van der Waals surface area contributed by atoms with Gasteiger partial charge in [-0.05, 0) is 24.1 Å². The van der Waals surface area contributed by atoms with Crippen molar-refractivity contribution in [2.24, 2.45) is 5.92 Å². The van der Waals surface area contributed by atoms with Gasteiger partial charge in [-0.2, -0.15) is 0 Å². The highest BCUT2D eigenvalue weighted by Crippen LogP contribution is 2.23. The second kappa shape index (κ2) is 9.91. The first-order valence-electron chi connectivity index (χ1n) is 9.29. The molecule has 1 unspecified atom stereocenters. The van der Waals surface area contributed by atoms with Crippen LogP contribution in [-0.4, -0.2) is 44.0 Å². The number of hydrogen-bond acceptors (Lipinski definition) is 4. The standard InChI is InChI=1S/C22H27FN2O4/c1-14(2)20(22(27)25(3)13-15-8-6-7-9-19(15)23)24-21(26)16-10-17(28-4)12-18(11-16)29-5/h6-12,14,20H,13H2,1-5H3,(H,24,26). The fraction of sp³-hybridized carbons (Fsp3) is 0.364. The number of halogens is 1. The first kappa shape index (κ1) is 22.2. The Morgan fingerprint density at radius 2 is 1.66 bits per heavy atom. The lowest BCUT2D eigenvalue weighted by Gasteiger charge is -2.27. The van der Waals surface area contributed by atoms with E-state index in [4.69, 9.17) is 9.47 Å². The molecule has 0 aliphatic rings. The van der Waals surface area contributed by atoms with Crippen LogP contribution in [0.15, 0.2) is 42.5 Å². The predicted octanol–water partition coefficient (Wildman–Crippen LogP) is 3.26. The number of likely N-dealkylation sites (N-methyl/N-ethyl adjacent to an activating group) is 1. The highest BCUT2D eigenvalue weighted by molar-refractivity contribution is 5.98. The number of benzene rings is 2. The predicted molar refractivity (Wildman–Crippen MR) is 109 cm³/mol. The lowest BCUT2D eigenvalue weighted by atomic mass is 10.0. The minimum absolute atomic E-state index is 0.109. The smallest absolute Gasteiger partial charge is 0.252 e. The molecule has 2 aromatic carbocycles. The molecule has 0 spiro atoms. The van der Waals surface area contributed by atoms with Gasteiger partial charge in [0.15, 0.2) is 0 Å². The molecule has 2 amide bonds. The van der Waals surface area contributed by atoms with Crippen molar-refractivity contribution in [2.75, 3.05) is 21.3 Å². The van der Waals surface area contributed by atoms with E-state index in [1.807, 2.05) is 13.8 Å². The zero-order chi connectivity index (χ0) is 21.6. The first-order valence-corrected chi connectivity index (χ1v) is 9.29. The van der Waals surface area contributed by atoms with E-state index in [-0.39, 0.29) is 24.2 Å². The Kier molecular flexibility index (Phi) is 7.59. The van der Waals surface area contributed by atoms with E-state index in [0.717, 1.165) is 0 Å². The SMILES string of the molecule is COc1cc(OC)cc(C(=O)NC(C(=O)N(C)Cc2ccccc2F)C(C)C)c1. The van der Waals surface area contributed by atoms with Crippen LogP contribution in [0.1, 0.15) is 29.8 Å². The van der Waals surface area contributed by atoms with Gasteiger partial charge in [-0.1, -0.05) is 32.0 Å². The molecule has 6 nitrogen and oxygen atoms in total. The van der Waals surface area contributed by atoms with Crippen molar-refractivity contribution in [1.29, 1.82) is 0 Å². The molecule has 0 saturated heterocycles. The minimum atomic E-state index is -0.767. The van der Waals surface area contributed by atoms with Crippen LogP contribution in [0.2, 0.25) is 0 Å². The normalized spacial score (nSPS) is 11.7. The van der Waals surface area contributed by atoms with E-state index in [2.05, 4.69) is 5.32 Å². The fourth-order valence-corrected chi connectivity index (χ4v) is 2.87. The highest BCUT2D eigenvalue weighted by Gasteiger charge is 2.28. The van der Waals surface area contributed by atoms with E-state index in [9.17, 15) is 14.0 Å². The molecule has 29 heavy (non-hydrogen) atoms. The maximum absolute atomic E-state index is 13.9. The molecule has 0 aromatic heterocycles. The average molecular weight is 402 g/mol. The van der Waals surface area contributed by atoms with Gasteiger partial charge in [0.1, 0.15) is 23.4 Å². The molecule has 2 aromatic rings. The first-order chi connectivity index (χ1) is 13.8. The van der Waals surface area contributed by atoms with E-state index in [0.29, 0.717) is 22.6 Å². The second-order valence-corrected chi connectivity index (χ2v) is 7.08. The van der Waals surface area contributed by atoms with Crippen molar-refractivity contribution in [3.05, 3.63) is 59.4 Å². The third-order valence-corrected chi connectivity index (χ3v) is 4.57. The summed E-state index contributed by atoms with van der Waals surface area (Å²) in [6.07, 6.45) is 0. The Bertz CT molecular complexity index is 847. The number of rotatable bonds is 8. The van der Waals surface area contributed by atoms with Gasteiger partial charge in [0.05, 0.1) is 14.2 Å².